The van der Waals surface area contributed by atoms with E-state index in [0.29, 0.717) is 6.61 Å². The van der Waals surface area contributed by atoms with Gasteiger partial charge in [0, 0.05) is 5.75 Å². The number of para-hydroxylation sites is 1. The van der Waals surface area contributed by atoms with E-state index in [0.717, 1.165) is 55.1 Å². The van der Waals surface area contributed by atoms with Gasteiger partial charge in [-0.2, -0.15) is 0 Å². The molecule has 0 radical (unpaired) electrons. The third kappa shape index (κ3) is 6.09. The SMILES string of the molecule is c1ccc(Cn2c(CN3CCCCC3)nnc2SCCCOc2ccccc2)cc1. The highest BCUT2D eigenvalue weighted by atomic mass is 32.2. The van der Waals surface area contributed by atoms with Crippen LogP contribution in [0.5, 0.6) is 5.75 Å². The summed E-state index contributed by atoms with van der Waals surface area (Å²) in [5.74, 6) is 2.96. The van der Waals surface area contributed by atoms with Crippen LogP contribution in [0.3, 0.4) is 0 Å². The zero-order chi connectivity index (χ0) is 20.4. The van der Waals surface area contributed by atoms with Crippen molar-refractivity contribution in [1.82, 2.24) is 19.7 Å². The van der Waals surface area contributed by atoms with Crippen LogP contribution in [0.2, 0.25) is 0 Å². The molecule has 0 N–H and O–H groups in total. The molecule has 2 aromatic carbocycles. The zero-order valence-corrected chi connectivity index (χ0v) is 18.3. The quantitative estimate of drug-likeness (QED) is 0.344. The van der Waals surface area contributed by atoms with Crippen LogP contribution in [0.15, 0.2) is 65.8 Å². The van der Waals surface area contributed by atoms with Crippen molar-refractivity contribution in [2.75, 3.05) is 25.4 Å². The number of nitrogens with zero attached hydrogens (tertiary/aromatic N) is 4. The molecule has 30 heavy (non-hydrogen) atoms. The molecule has 0 unspecified atom stereocenters. The second kappa shape index (κ2) is 11.2. The maximum atomic E-state index is 5.81. The van der Waals surface area contributed by atoms with Gasteiger partial charge in [0.1, 0.15) is 11.6 Å². The van der Waals surface area contributed by atoms with Crippen LogP contribution in [-0.4, -0.2) is 45.1 Å². The fraction of sp³-hybridized carbons (Fsp3) is 0.417. The van der Waals surface area contributed by atoms with Gasteiger partial charge in [0.15, 0.2) is 5.16 Å². The highest BCUT2D eigenvalue weighted by Gasteiger charge is 2.17. The van der Waals surface area contributed by atoms with Crippen LogP contribution in [0, 0.1) is 0 Å². The topological polar surface area (TPSA) is 43.2 Å². The number of aromatic nitrogens is 3. The number of piperidine rings is 1. The van der Waals surface area contributed by atoms with E-state index in [9.17, 15) is 0 Å². The van der Waals surface area contributed by atoms with E-state index in [4.69, 9.17) is 4.74 Å². The highest BCUT2D eigenvalue weighted by molar-refractivity contribution is 7.99. The number of ether oxygens (including phenoxy) is 1. The van der Waals surface area contributed by atoms with Gasteiger partial charge in [-0.1, -0.05) is 66.7 Å². The lowest BCUT2D eigenvalue weighted by molar-refractivity contribution is 0.213. The average Bonchev–Trinajstić information content (AvgIpc) is 3.16. The minimum atomic E-state index is 0.713. The lowest BCUT2D eigenvalue weighted by Gasteiger charge is -2.26. The van der Waals surface area contributed by atoms with E-state index in [2.05, 4.69) is 50.0 Å². The highest BCUT2D eigenvalue weighted by Crippen LogP contribution is 2.22. The summed E-state index contributed by atoms with van der Waals surface area (Å²) in [6, 6.07) is 20.6. The fourth-order valence-electron chi connectivity index (χ4n) is 3.71. The van der Waals surface area contributed by atoms with Crippen molar-refractivity contribution in [2.45, 2.75) is 43.9 Å². The first kappa shape index (κ1) is 20.9. The van der Waals surface area contributed by atoms with Crippen LogP contribution >= 0.6 is 11.8 Å². The summed E-state index contributed by atoms with van der Waals surface area (Å²) in [6.07, 6.45) is 4.89. The van der Waals surface area contributed by atoms with Crippen LogP contribution < -0.4 is 4.74 Å². The molecular weight excluding hydrogens is 392 g/mol. The van der Waals surface area contributed by atoms with Gasteiger partial charge in [-0.05, 0) is 50.0 Å². The Balaban J connectivity index is 1.36. The molecule has 0 bridgehead atoms. The van der Waals surface area contributed by atoms with Gasteiger partial charge in [0.05, 0.1) is 19.7 Å². The molecule has 4 rings (SSSR count). The first-order chi connectivity index (χ1) is 14.9. The third-order valence-electron chi connectivity index (χ3n) is 5.32. The number of hydrogen-bond donors (Lipinski definition) is 0. The zero-order valence-electron chi connectivity index (χ0n) is 17.4. The maximum Gasteiger partial charge on any atom is 0.191 e. The molecule has 0 atom stereocenters. The number of likely N-dealkylation sites (tertiary alicyclic amines) is 1. The molecule has 5 nitrogen and oxygen atoms in total. The molecule has 1 aliphatic heterocycles. The second-order valence-electron chi connectivity index (χ2n) is 7.67. The number of thioether (sulfide) groups is 1. The minimum absolute atomic E-state index is 0.713. The summed E-state index contributed by atoms with van der Waals surface area (Å²) in [6.45, 7) is 4.75. The first-order valence-electron chi connectivity index (χ1n) is 10.9. The van der Waals surface area contributed by atoms with Crippen molar-refractivity contribution < 1.29 is 4.74 Å². The van der Waals surface area contributed by atoms with Gasteiger partial charge >= 0.3 is 0 Å². The standard InChI is InChI=1S/C24H30N4OS/c1-4-11-21(12-5-1)19-28-23(20-27-15-8-3-9-16-27)25-26-24(28)30-18-10-17-29-22-13-6-2-7-14-22/h1-2,4-7,11-14H,3,8-10,15-20H2. The first-order valence-corrected chi connectivity index (χ1v) is 11.9. The molecule has 0 amide bonds. The number of rotatable bonds is 10. The van der Waals surface area contributed by atoms with Crippen molar-refractivity contribution in [3.05, 3.63) is 72.1 Å². The monoisotopic (exact) mass is 422 g/mol. The number of hydrogen-bond acceptors (Lipinski definition) is 5. The molecule has 0 saturated carbocycles. The Morgan fingerprint density at radius 3 is 2.33 bits per heavy atom. The molecule has 158 valence electrons. The molecule has 2 heterocycles. The molecule has 1 fully saturated rings. The van der Waals surface area contributed by atoms with Gasteiger partial charge in [-0.25, -0.2) is 0 Å². The maximum absolute atomic E-state index is 5.81. The van der Waals surface area contributed by atoms with Crippen molar-refractivity contribution in [1.29, 1.82) is 0 Å². The van der Waals surface area contributed by atoms with E-state index >= 15 is 0 Å². The normalized spacial score (nSPS) is 14.7. The molecule has 1 saturated heterocycles. The van der Waals surface area contributed by atoms with E-state index in [1.165, 1.54) is 24.8 Å². The summed E-state index contributed by atoms with van der Waals surface area (Å²) in [4.78, 5) is 2.51. The molecule has 1 aliphatic rings. The Morgan fingerprint density at radius 2 is 1.57 bits per heavy atom. The van der Waals surface area contributed by atoms with Crippen molar-refractivity contribution in [3.8, 4) is 5.75 Å². The molecule has 6 heteroatoms. The van der Waals surface area contributed by atoms with Crippen molar-refractivity contribution in [3.63, 3.8) is 0 Å². The summed E-state index contributed by atoms with van der Waals surface area (Å²) >= 11 is 1.78. The lowest BCUT2D eigenvalue weighted by atomic mass is 10.1. The molecule has 3 aromatic rings. The lowest BCUT2D eigenvalue weighted by Crippen LogP contribution is -2.30. The van der Waals surface area contributed by atoms with Crippen LogP contribution in [0.1, 0.15) is 37.1 Å². The van der Waals surface area contributed by atoms with Gasteiger partial charge in [-0.15, -0.1) is 10.2 Å². The van der Waals surface area contributed by atoms with Crippen LogP contribution in [0.4, 0.5) is 0 Å². The Morgan fingerprint density at radius 1 is 0.833 bits per heavy atom. The van der Waals surface area contributed by atoms with Crippen molar-refractivity contribution in [2.24, 2.45) is 0 Å². The van der Waals surface area contributed by atoms with E-state index in [-0.39, 0.29) is 0 Å². The Kier molecular flexibility index (Phi) is 7.81. The largest absolute Gasteiger partial charge is 0.494 e. The van der Waals surface area contributed by atoms with Gasteiger partial charge in [-0.3, -0.25) is 4.90 Å². The predicted molar refractivity (Wildman–Crippen MR) is 122 cm³/mol. The van der Waals surface area contributed by atoms with E-state index < -0.39 is 0 Å². The Bertz CT molecular complexity index is 879. The van der Waals surface area contributed by atoms with E-state index in [1.54, 1.807) is 11.8 Å². The molecule has 0 spiro atoms. The summed E-state index contributed by atoms with van der Waals surface area (Å²) in [5.41, 5.74) is 1.28. The molecular formula is C24H30N4OS. The minimum Gasteiger partial charge on any atom is -0.494 e. The smallest absolute Gasteiger partial charge is 0.191 e. The predicted octanol–water partition coefficient (Wildman–Crippen LogP) is 4.87. The van der Waals surface area contributed by atoms with Gasteiger partial charge in [0.2, 0.25) is 0 Å². The summed E-state index contributed by atoms with van der Waals surface area (Å²) in [7, 11) is 0. The molecule has 0 aliphatic carbocycles. The average molecular weight is 423 g/mol. The number of benzene rings is 2. The summed E-state index contributed by atoms with van der Waals surface area (Å²) in [5, 5.41) is 10.1. The summed E-state index contributed by atoms with van der Waals surface area (Å²) < 4.78 is 8.11. The van der Waals surface area contributed by atoms with Crippen LogP contribution in [0.25, 0.3) is 0 Å². The fourth-order valence-corrected chi connectivity index (χ4v) is 4.58. The Labute approximate surface area is 183 Å². The third-order valence-corrected chi connectivity index (χ3v) is 6.38. The second-order valence-corrected chi connectivity index (χ2v) is 8.73. The Hall–Kier alpha value is -2.31. The van der Waals surface area contributed by atoms with Crippen molar-refractivity contribution >= 4 is 11.8 Å². The van der Waals surface area contributed by atoms with E-state index in [1.807, 2.05) is 30.3 Å². The van der Waals surface area contributed by atoms with Gasteiger partial charge in [0.25, 0.3) is 0 Å². The molecule has 1 aromatic heterocycles. The van der Waals surface area contributed by atoms with Gasteiger partial charge < -0.3 is 9.30 Å². The van der Waals surface area contributed by atoms with Crippen LogP contribution in [-0.2, 0) is 13.1 Å².